The van der Waals surface area contributed by atoms with Crippen molar-refractivity contribution in [1.82, 2.24) is 0 Å². The van der Waals surface area contributed by atoms with Gasteiger partial charge in [-0.25, -0.2) is 0 Å². The molecular formula is C14H13BrCl2O2S. The average molecular weight is 396 g/mol. The van der Waals surface area contributed by atoms with E-state index in [0.29, 0.717) is 22.9 Å². The van der Waals surface area contributed by atoms with Crippen molar-refractivity contribution in [3.05, 3.63) is 43.5 Å². The van der Waals surface area contributed by atoms with Crippen LogP contribution in [0.5, 0.6) is 11.5 Å². The maximum Gasteiger partial charge on any atom is 0.160 e. The molecule has 1 heterocycles. The van der Waals surface area contributed by atoms with Gasteiger partial charge >= 0.3 is 0 Å². The van der Waals surface area contributed by atoms with Gasteiger partial charge in [-0.3, -0.25) is 0 Å². The Kier molecular flexibility index (Phi) is 5.61. The molecule has 0 aliphatic rings. The second-order valence-corrected chi connectivity index (χ2v) is 7.47. The smallest absolute Gasteiger partial charge is 0.160 e. The fraction of sp³-hybridized carbons (Fsp3) is 0.286. The highest BCUT2D eigenvalue weighted by Gasteiger charge is 2.15. The van der Waals surface area contributed by atoms with Crippen molar-refractivity contribution in [2.45, 2.75) is 11.8 Å². The molecule has 0 fully saturated rings. The van der Waals surface area contributed by atoms with Gasteiger partial charge in [-0.2, -0.15) is 0 Å². The number of hydrogen-bond donors (Lipinski definition) is 0. The normalized spacial score (nSPS) is 12.2. The maximum atomic E-state index is 6.45. The van der Waals surface area contributed by atoms with E-state index in [9.17, 15) is 0 Å². The molecule has 2 rings (SSSR count). The first-order valence-electron chi connectivity index (χ1n) is 5.85. The van der Waals surface area contributed by atoms with Crippen molar-refractivity contribution < 1.29 is 9.47 Å². The number of benzene rings is 1. The van der Waals surface area contributed by atoms with Crippen molar-refractivity contribution in [2.24, 2.45) is 0 Å². The zero-order valence-corrected chi connectivity index (χ0v) is 14.9. The van der Waals surface area contributed by atoms with E-state index in [-0.39, 0.29) is 5.38 Å². The molecule has 1 unspecified atom stereocenters. The van der Waals surface area contributed by atoms with Crippen LogP contribution in [0, 0.1) is 0 Å². The van der Waals surface area contributed by atoms with Crippen LogP contribution in [0.1, 0.15) is 15.8 Å². The van der Waals surface area contributed by atoms with Crippen molar-refractivity contribution in [3.63, 3.8) is 0 Å². The highest BCUT2D eigenvalue weighted by molar-refractivity contribution is 9.11. The Labute approximate surface area is 140 Å². The summed E-state index contributed by atoms with van der Waals surface area (Å²) in [5.74, 6) is 1.42. The van der Waals surface area contributed by atoms with E-state index in [1.54, 1.807) is 25.6 Å². The molecule has 0 N–H and O–H groups in total. The van der Waals surface area contributed by atoms with Gasteiger partial charge in [0.15, 0.2) is 11.5 Å². The van der Waals surface area contributed by atoms with E-state index < -0.39 is 0 Å². The molecule has 0 spiro atoms. The minimum atomic E-state index is -0.123. The Hall–Kier alpha value is -0.420. The second-order valence-electron chi connectivity index (χ2n) is 4.13. The molecule has 0 saturated heterocycles. The van der Waals surface area contributed by atoms with E-state index >= 15 is 0 Å². The van der Waals surface area contributed by atoms with Crippen LogP contribution >= 0.6 is 50.5 Å². The molecule has 0 aliphatic carbocycles. The maximum absolute atomic E-state index is 6.45. The Morgan fingerprint density at radius 1 is 1.20 bits per heavy atom. The third kappa shape index (κ3) is 3.61. The van der Waals surface area contributed by atoms with E-state index in [0.717, 1.165) is 14.2 Å². The Morgan fingerprint density at radius 2 is 1.90 bits per heavy atom. The number of hydrogen-bond acceptors (Lipinski definition) is 3. The van der Waals surface area contributed by atoms with Crippen molar-refractivity contribution >= 4 is 50.5 Å². The second kappa shape index (κ2) is 7.03. The summed E-state index contributed by atoms with van der Waals surface area (Å²) < 4.78 is 11.4. The predicted octanol–water partition coefficient (Wildman–Crippen LogP) is 5.70. The van der Waals surface area contributed by atoms with Gasteiger partial charge in [-0.1, -0.05) is 17.7 Å². The molecule has 0 amide bonds. The van der Waals surface area contributed by atoms with Crippen LogP contribution in [-0.2, 0) is 6.42 Å². The fourth-order valence-corrected chi connectivity index (χ4v) is 3.93. The van der Waals surface area contributed by atoms with E-state index in [1.807, 2.05) is 24.3 Å². The van der Waals surface area contributed by atoms with Gasteiger partial charge < -0.3 is 9.47 Å². The molecule has 0 aliphatic heterocycles. The minimum absolute atomic E-state index is 0.123. The SMILES string of the molecule is COc1ccc(CC(Cl)c2cc(Cl)c(Br)s2)cc1OC. The lowest BCUT2D eigenvalue weighted by atomic mass is 10.1. The number of rotatable bonds is 5. The molecule has 6 heteroatoms. The fourth-order valence-electron chi connectivity index (χ4n) is 1.83. The van der Waals surface area contributed by atoms with Crippen molar-refractivity contribution in [1.29, 1.82) is 0 Å². The first kappa shape index (κ1) is 16.0. The van der Waals surface area contributed by atoms with Crippen LogP contribution in [0.4, 0.5) is 0 Å². The number of methoxy groups -OCH3 is 2. The van der Waals surface area contributed by atoms with Crippen LogP contribution in [0.15, 0.2) is 28.1 Å². The largest absolute Gasteiger partial charge is 0.493 e. The molecule has 0 saturated carbocycles. The van der Waals surface area contributed by atoms with Crippen LogP contribution < -0.4 is 9.47 Å². The summed E-state index contributed by atoms with van der Waals surface area (Å²) in [6, 6.07) is 7.71. The molecule has 0 bridgehead atoms. The highest BCUT2D eigenvalue weighted by atomic mass is 79.9. The van der Waals surface area contributed by atoms with Gasteiger partial charge in [0, 0.05) is 4.88 Å². The van der Waals surface area contributed by atoms with Gasteiger partial charge in [0.05, 0.1) is 28.4 Å². The van der Waals surface area contributed by atoms with Crippen molar-refractivity contribution in [2.75, 3.05) is 14.2 Å². The molecular weight excluding hydrogens is 383 g/mol. The van der Waals surface area contributed by atoms with E-state index in [4.69, 9.17) is 32.7 Å². The molecule has 2 nitrogen and oxygen atoms in total. The lowest BCUT2D eigenvalue weighted by Gasteiger charge is -2.11. The van der Waals surface area contributed by atoms with Crippen molar-refractivity contribution in [3.8, 4) is 11.5 Å². The summed E-state index contributed by atoms with van der Waals surface area (Å²) in [5, 5.41) is 0.574. The topological polar surface area (TPSA) is 18.5 Å². The van der Waals surface area contributed by atoms with Gasteiger partial charge in [0.25, 0.3) is 0 Å². The summed E-state index contributed by atoms with van der Waals surface area (Å²) in [4.78, 5) is 1.04. The highest BCUT2D eigenvalue weighted by Crippen LogP contribution is 2.39. The summed E-state index contributed by atoms with van der Waals surface area (Å²) >= 11 is 17.4. The molecule has 1 aromatic carbocycles. The molecule has 1 aromatic heterocycles. The first-order valence-corrected chi connectivity index (χ1v) is 8.27. The number of halogens is 3. The minimum Gasteiger partial charge on any atom is -0.493 e. The van der Waals surface area contributed by atoms with E-state index in [2.05, 4.69) is 15.9 Å². The third-order valence-electron chi connectivity index (χ3n) is 2.84. The molecule has 20 heavy (non-hydrogen) atoms. The first-order chi connectivity index (χ1) is 9.55. The number of thiophene rings is 1. The zero-order chi connectivity index (χ0) is 14.7. The zero-order valence-electron chi connectivity index (χ0n) is 11.0. The molecule has 108 valence electrons. The van der Waals surface area contributed by atoms with Crippen LogP contribution in [0.3, 0.4) is 0 Å². The van der Waals surface area contributed by atoms with Gasteiger partial charge in [-0.05, 0) is 46.1 Å². The lowest BCUT2D eigenvalue weighted by Crippen LogP contribution is -1.96. The monoisotopic (exact) mass is 394 g/mol. The quantitative estimate of drug-likeness (QED) is 0.604. The number of alkyl halides is 1. The van der Waals surface area contributed by atoms with Crippen LogP contribution in [0.25, 0.3) is 0 Å². The van der Waals surface area contributed by atoms with Gasteiger partial charge in [0.2, 0.25) is 0 Å². The summed E-state index contributed by atoms with van der Waals surface area (Å²) in [6.45, 7) is 0. The van der Waals surface area contributed by atoms with E-state index in [1.165, 1.54) is 0 Å². The summed E-state index contributed by atoms with van der Waals surface area (Å²) in [5.41, 5.74) is 1.09. The third-order valence-corrected chi connectivity index (χ3v) is 5.94. The van der Waals surface area contributed by atoms with Gasteiger partial charge in [0.1, 0.15) is 0 Å². The van der Waals surface area contributed by atoms with Gasteiger partial charge in [-0.15, -0.1) is 22.9 Å². The molecule has 1 atom stereocenters. The standard InChI is InChI=1S/C14H13BrCl2O2S/c1-18-11-4-3-8(6-12(11)19-2)5-9(16)13-7-10(17)14(15)20-13/h3-4,6-7,9H,5H2,1-2H3. The molecule has 2 aromatic rings. The summed E-state index contributed by atoms with van der Waals surface area (Å²) in [6.07, 6.45) is 0.700. The predicted molar refractivity (Wildman–Crippen MR) is 88.9 cm³/mol. The summed E-state index contributed by atoms with van der Waals surface area (Å²) in [7, 11) is 3.24. The van der Waals surface area contributed by atoms with Crippen LogP contribution in [-0.4, -0.2) is 14.2 Å². The Balaban J connectivity index is 2.17. The lowest BCUT2D eigenvalue weighted by molar-refractivity contribution is 0.354. The Bertz CT molecular complexity index is 581. The average Bonchev–Trinajstić information content (AvgIpc) is 2.78. The number of ether oxygens (including phenoxy) is 2. The Morgan fingerprint density at radius 3 is 2.45 bits per heavy atom. The van der Waals surface area contributed by atoms with Crippen LogP contribution in [0.2, 0.25) is 5.02 Å². The molecule has 0 radical (unpaired) electrons.